The molecular weight excluding hydrogens is 501 g/mol. The molecule has 1 aliphatic heterocycles. The van der Waals surface area contributed by atoms with Crippen LogP contribution in [0.2, 0.25) is 5.02 Å². The summed E-state index contributed by atoms with van der Waals surface area (Å²) in [5, 5.41) is 0.455. The topological polar surface area (TPSA) is 66.4 Å². The molecule has 1 aromatic heterocycles. The zero-order valence-corrected chi connectivity index (χ0v) is 20.8. The predicted octanol–water partition coefficient (Wildman–Crippen LogP) is 4.87. The number of alkyl halides is 3. The van der Waals surface area contributed by atoms with E-state index in [1.54, 1.807) is 13.0 Å². The third-order valence-electron chi connectivity index (χ3n) is 5.93. The van der Waals surface area contributed by atoms with E-state index in [4.69, 9.17) is 11.6 Å². The van der Waals surface area contributed by atoms with Crippen molar-refractivity contribution in [1.29, 1.82) is 0 Å². The maximum absolute atomic E-state index is 13.2. The molecule has 6 nitrogen and oxygen atoms in total. The molecule has 0 N–H and O–H groups in total. The van der Waals surface area contributed by atoms with Crippen molar-refractivity contribution in [3.8, 4) is 0 Å². The van der Waals surface area contributed by atoms with Crippen LogP contribution < -0.4 is 4.90 Å². The molecular formula is C24H24ClF3N4O2S. The minimum Gasteiger partial charge on any atom is -0.354 e. The maximum atomic E-state index is 13.2. The molecule has 1 fully saturated rings. The van der Waals surface area contributed by atoms with Gasteiger partial charge in [0.15, 0.2) is 0 Å². The Balaban J connectivity index is 1.57. The molecule has 3 aromatic rings. The van der Waals surface area contributed by atoms with E-state index in [0.717, 1.165) is 17.7 Å². The fourth-order valence-corrected chi connectivity index (χ4v) is 5.69. The first-order valence-corrected chi connectivity index (χ1v) is 12.8. The van der Waals surface area contributed by atoms with Crippen LogP contribution in [-0.2, 0) is 22.6 Å². The van der Waals surface area contributed by atoms with Crippen LogP contribution in [0.25, 0.3) is 0 Å². The average Bonchev–Trinajstić information content (AvgIpc) is 2.81. The second-order valence-electron chi connectivity index (χ2n) is 8.38. The Morgan fingerprint density at radius 1 is 0.971 bits per heavy atom. The smallest absolute Gasteiger partial charge is 0.354 e. The van der Waals surface area contributed by atoms with Crippen LogP contribution in [0.4, 0.5) is 19.0 Å². The van der Waals surface area contributed by atoms with Crippen LogP contribution in [0.15, 0.2) is 53.4 Å². The zero-order chi connectivity index (χ0) is 25.4. The van der Waals surface area contributed by atoms with Crippen molar-refractivity contribution in [2.45, 2.75) is 31.3 Å². The molecule has 1 saturated heterocycles. The van der Waals surface area contributed by atoms with Gasteiger partial charge in [-0.25, -0.2) is 18.4 Å². The molecule has 0 spiro atoms. The highest BCUT2D eigenvalue weighted by Crippen LogP contribution is 2.31. The van der Waals surface area contributed by atoms with Gasteiger partial charge in [-0.2, -0.15) is 17.5 Å². The lowest BCUT2D eigenvalue weighted by Gasteiger charge is -2.36. The second-order valence-corrected chi connectivity index (χ2v) is 10.8. The minimum absolute atomic E-state index is 0.175. The van der Waals surface area contributed by atoms with Crippen molar-refractivity contribution in [3.05, 3.63) is 81.8 Å². The van der Waals surface area contributed by atoms with Crippen molar-refractivity contribution < 1.29 is 21.6 Å². The number of benzene rings is 2. The fourth-order valence-electron chi connectivity index (χ4n) is 4.14. The van der Waals surface area contributed by atoms with E-state index in [2.05, 4.69) is 9.97 Å². The van der Waals surface area contributed by atoms with Crippen LogP contribution in [0.5, 0.6) is 0 Å². The molecule has 186 valence electrons. The van der Waals surface area contributed by atoms with E-state index in [1.165, 1.54) is 34.6 Å². The van der Waals surface area contributed by atoms with E-state index in [1.807, 2.05) is 11.8 Å². The third-order valence-corrected chi connectivity index (χ3v) is 8.09. The van der Waals surface area contributed by atoms with Crippen LogP contribution >= 0.6 is 11.6 Å². The number of anilines is 1. The third kappa shape index (κ3) is 5.60. The molecule has 0 amide bonds. The van der Waals surface area contributed by atoms with Crippen LogP contribution in [0.3, 0.4) is 0 Å². The lowest BCUT2D eigenvalue weighted by atomic mass is 10.0. The molecule has 2 heterocycles. The first-order valence-electron chi connectivity index (χ1n) is 11.0. The molecule has 4 rings (SSSR count). The quantitative estimate of drug-likeness (QED) is 0.476. The Hall–Kier alpha value is -2.69. The van der Waals surface area contributed by atoms with Gasteiger partial charge in [-0.1, -0.05) is 29.8 Å². The van der Waals surface area contributed by atoms with Gasteiger partial charge in [-0.3, -0.25) is 0 Å². The molecule has 1 aliphatic rings. The number of halogens is 4. The highest BCUT2D eigenvalue weighted by molar-refractivity contribution is 7.89. The summed E-state index contributed by atoms with van der Waals surface area (Å²) in [7, 11) is -3.67. The standard InChI is InChI=1S/C24H24ClF3N4O2S/c1-16-22(15-18-4-3-5-19(14-18)24(26,27)28)23(30-17(2)29-16)31-10-12-32(13-11-31)35(33,34)21-8-6-20(25)7-9-21/h3-9,14H,10-13,15H2,1-2H3. The number of nitrogens with zero attached hydrogens (tertiary/aromatic N) is 4. The van der Waals surface area contributed by atoms with Gasteiger partial charge in [0.1, 0.15) is 11.6 Å². The van der Waals surface area contributed by atoms with Crippen molar-refractivity contribution in [2.75, 3.05) is 31.1 Å². The van der Waals surface area contributed by atoms with Gasteiger partial charge in [-0.05, 0) is 49.7 Å². The Bertz CT molecular complexity index is 1320. The number of sulfonamides is 1. The normalized spacial score (nSPS) is 15.4. The van der Waals surface area contributed by atoms with Crippen LogP contribution in [0, 0.1) is 13.8 Å². The highest BCUT2D eigenvalue weighted by atomic mass is 35.5. The Morgan fingerprint density at radius 3 is 2.26 bits per heavy atom. The monoisotopic (exact) mass is 524 g/mol. The summed E-state index contributed by atoms with van der Waals surface area (Å²) in [6.45, 7) is 4.83. The van der Waals surface area contributed by atoms with Crippen molar-refractivity contribution in [3.63, 3.8) is 0 Å². The van der Waals surface area contributed by atoms with Crippen molar-refractivity contribution in [2.24, 2.45) is 0 Å². The van der Waals surface area contributed by atoms with Crippen molar-refractivity contribution >= 4 is 27.4 Å². The number of aromatic nitrogens is 2. The summed E-state index contributed by atoms with van der Waals surface area (Å²) in [4.78, 5) is 11.2. The molecule has 35 heavy (non-hydrogen) atoms. The molecule has 0 aliphatic carbocycles. The van der Waals surface area contributed by atoms with E-state index < -0.39 is 21.8 Å². The highest BCUT2D eigenvalue weighted by Gasteiger charge is 2.32. The summed E-state index contributed by atoms with van der Waals surface area (Å²) in [5.41, 5.74) is 1.20. The molecule has 2 aromatic carbocycles. The van der Waals surface area contributed by atoms with Gasteiger partial charge >= 0.3 is 6.18 Å². The molecule has 0 atom stereocenters. The van der Waals surface area contributed by atoms with Crippen LogP contribution in [0.1, 0.15) is 28.2 Å². The van der Waals surface area contributed by atoms with E-state index in [9.17, 15) is 21.6 Å². The Morgan fingerprint density at radius 2 is 1.63 bits per heavy atom. The van der Waals surface area contributed by atoms with Gasteiger partial charge in [-0.15, -0.1) is 0 Å². The maximum Gasteiger partial charge on any atom is 0.416 e. The van der Waals surface area contributed by atoms with E-state index in [0.29, 0.717) is 41.0 Å². The molecule has 0 unspecified atom stereocenters. The molecule has 11 heteroatoms. The Labute approximate surface area is 207 Å². The largest absolute Gasteiger partial charge is 0.416 e. The number of piperazine rings is 1. The number of hydrogen-bond donors (Lipinski definition) is 0. The lowest BCUT2D eigenvalue weighted by molar-refractivity contribution is -0.137. The summed E-state index contributed by atoms with van der Waals surface area (Å²) in [6, 6.07) is 11.3. The molecule has 0 bridgehead atoms. The van der Waals surface area contributed by atoms with Gasteiger partial charge in [0.05, 0.1) is 10.5 Å². The van der Waals surface area contributed by atoms with E-state index >= 15 is 0 Å². The lowest BCUT2D eigenvalue weighted by Crippen LogP contribution is -2.49. The number of hydrogen-bond acceptors (Lipinski definition) is 5. The summed E-state index contributed by atoms with van der Waals surface area (Å²) in [6.07, 6.45) is -4.20. The van der Waals surface area contributed by atoms with Crippen LogP contribution in [-0.4, -0.2) is 48.9 Å². The minimum atomic E-state index is -4.43. The Kier molecular flexibility index (Phi) is 7.08. The van der Waals surface area contributed by atoms with Gasteiger partial charge in [0.2, 0.25) is 10.0 Å². The first-order chi connectivity index (χ1) is 16.4. The van der Waals surface area contributed by atoms with Gasteiger partial charge < -0.3 is 4.90 Å². The van der Waals surface area contributed by atoms with Gasteiger partial charge in [0.25, 0.3) is 0 Å². The van der Waals surface area contributed by atoms with Gasteiger partial charge in [0, 0.05) is 48.9 Å². The predicted molar refractivity (Wildman–Crippen MR) is 128 cm³/mol. The summed E-state index contributed by atoms with van der Waals surface area (Å²) >= 11 is 5.88. The molecule has 0 saturated carbocycles. The summed E-state index contributed by atoms with van der Waals surface area (Å²) < 4.78 is 67.0. The zero-order valence-electron chi connectivity index (χ0n) is 19.2. The summed E-state index contributed by atoms with van der Waals surface area (Å²) in [5.74, 6) is 1.16. The SMILES string of the molecule is Cc1nc(C)c(Cc2cccc(C(F)(F)F)c2)c(N2CCN(S(=O)(=O)c3ccc(Cl)cc3)CC2)n1. The average molecular weight is 525 g/mol. The number of aryl methyl sites for hydroxylation is 2. The fraction of sp³-hybridized carbons (Fsp3) is 0.333. The van der Waals surface area contributed by atoms with E-state index in [-0.39, 0.29) is 24.4 Å². The molecule has 0 radical (unpaired) electrons. The number of rotatable bonds is 5. The first kappa shape index (κ1) is 25.4. The second kappa shape index (κ2) is 9.75. The van der Waals surface area contributed by atoms with Crippen molar-refractivity contribution in [1.82, 2.24) is 14.3 Å².